The molecule has 0 atom stereocenters. The summed E-state index contributed by atoms with van der Waals surface area (Å²) < 4.78 is 0. The van der Waals surface area contributed by atoms with E-state index < -0.39 is 0 Å². The number of aliphatic imine (C=N–C) groups is 1. The second kappa shape index (κ2) is 3.13. The Kier molecular flexibility index (Phi) is 2.19. The molecular formula is C9H8NO. The van der Waals surface area contributed by atoms with E-state index in [2.05, 4.69) is 11.1 Å². The van der Waals surface area contributed by atoms with Gasteiger partial charge < -0.3 is 0 Å². The maximum absolute atomic E-state index is 9.89. The lowest BCUT2D eigenvalue weighted by atomic mass is 10.1. The van der Waals surface area contributed by atoms with Gasteiger partial charge in [-0.2, -0.15) is 4.99 Å². The molecule has 0 aliphatic rings. The summed E-state index contributed by atoms with van der Waals surface area (Å²) in [6, 6.07) is 6.69. The fraction of sp³-hybridized carbons (Fsp3) is 0.222. The van der Waals surface area contributed by atoms with Gasteiger partial charge in [0.1, 0.15) is 0 Å². The van der Waals surface area contributed by atoms with E-state index in [9.17, 15) is 4.79 Å². The lowest BCUT2D eigenvalue weighted by Gasteiger charge is -1.95. The number of nitrogens with zero attached hydrogens (tertiary/aromatic N) is 1. The first-order valence-corrected chi connectivity index (χ1v) is 3.31. The predicted molar refractivity (Wildman–Crippen MR) is 42.5 cm³/mol. The molecule has 0 aliphatic carbocycles. The molecule has 0 fully saturated rings. The van der Waals surface area contributed by atoms with Gasteiger partial charge in [0.25, 0.3) is 0 Å². The molecule has 0 aromatic heterocycles. The molecule has 2 heteroatoms. The molecule has 0 unspecified atom stereocenters. The lowest BCUT2D eigenvalue weighted by molar-refractivity contribution is 0.565. The molecule has 0 saturated heterocycles. The van der Waals surface area contributed by atoms with Gasteiger partial charge in [0, 0.05) is 6.07 Å². The van der Waals surface area contributed by atoms with Crippen molar-refractivity contribution in [1.82, 2.24) is 0 Å². The van der Waals surface area contributed by atoms with Crippen LogP contribution in [0.5, 0.6) is 0 Å². The maximum atomic E-state index is 9.89. The van der Waals surface area contributed by atoms with Crippen molar-refractivity contribution in [3.8, 4) is 0 Å². The van der Waals surface area contributed by atoms with Crippen molar-refractivity contribution >= 4 is 11.8 Å². The number of hydrogen-bond donors (Lipinski definition) is 0. The molecule has 0 amide bonds. The summed E-state index contributed by atoms with van der Waals surface area (Å²) in [6.07, 6.45) is 1.48. The van der Waals surface area contributed by atoms with E-state index in [0.29, 0.717) is 5.69 Å². The SMILES string of the molecule is Cc1[c]c(N=C=O)cc(C)c1. The minimum Gasteiger partial charge on any atom is -0.211 e. The number of rotatable bonds is 1. The fourth-order valence-electron chi connectivity index (χ4n) is 0.982. The molecule has 1 aromatic carbocycles. The molecule has 0 spiro atoms. The van der Waals surface area contributed by atoms with Gasteiger partial charge in [-0.05, 0) is 31.0 Å². The molecule has 0 N–H and O–H groups in total. The number of carbonyl (C=O) groups excluding carboxylic acids is 1. The summed E-state index contributed by atoms with van der Waals surface area (Å²) in [5.74, 6) is 0. The summed E-state index contributed by atoms with van der Waals surface area (Å²) in [7, 11) is 0. The number of aryl methyl sites for hydroxylation is 2. The molecule has 2 nitrogen and oxygen atoms in total. The lowest BCUT2D eigenvalue weighted by Crippen LogP contribution is -1.76. The molecule has 11 heavy (non-hydrogen) atoms. The van der Waals surface area contributed by atoms with Gasteiger partial charge in [-0.25, -0.2) is 4.79 Å². The number of benzene rings is 1. The topological polar surface area (TPSA) is 29.4 Å². The fourth-order valence-corrected chi connectivity index (χ4v) is 0.982. The quantitative estimate of drug-likeness (QED) is 0.440. The van der Waals surface area contributed by atoms with Crippen LogP contribution in [-0.4, -0.2) is 6.08 Å². The van der Waals surface area contributed by atoms with Crippen LogP contribution < -0.4 is 0 Å². The van der Waals surface area contributed by atoms with Gasteiger partial charge >= 0.3 is 0 Å². The Hall–Kier alpha value is -1.40. The predicted octanol–water partition coefficient (Wildman–Crippen LogP) is 2.07. The Labute approximate surface area is 65.6 Å². The van der Waals surface area contributed by atoms with E-state index in [1.165, 1.54) is 6.08 Å². The first kappa shape index (κ1) is 7.70. The minimum absolute atomic E-state index is 0.553. The second-order valence-electron chi connectivity index (χ2n) is 2.43. The van der Waals surface area contributed by atoms with Crippen molar-refractivity contribution in [2.45, 2.75) is 13.8 Å². The molecule has 1 radical (unpaired) electrons. The average Bonchev–Trinajstić information content (AvgIpc) is 1.85. The molecular weight excluding hydrogens is 138 g/mol. The van der Waals surface area contributed by atoms with Crippen LogP contribution in [0, 0.1) is 19.9 Å². The molecule has 55 valence electrons. The van der Waals surface area contributed by atoms with E-state index in [1.807, 2.05) is 19.9 Å². The van der Waals surface area contributed by atoms with Gasteiger partial charge in [-0.3, -0.25) is 0 Å². The summed E-state index contributed by atoms with van der Waals surface area (Å²) in [6.45, 7) is 3.86. The molecule has 0 bridgehead atoms. The zero-order valence-corrected chi connectivity index (χ0v) is 6.51. The van der Waals surface area contributed by atoms with Crippen LogP contribution in [0.4, 0.5) is 5.69 Å². The van der Waals surface area contributed by atoms with Gasteiger partial charge in [-0.1, -0.05) is 6.07 Å². The third-order valence-corrected chi connectivity index (χ3v) is 1.30. The number of isocyanates is 1. The zero-order chi connectivity index (χ0) is 8.27. The van der Waals surface area contributed by atoms with Gasteiger partial charge in [0.15, 0.2) is 0 Å². The zero-order valence-electron chi connectivity index (χ0n) is 6.51. The van der Waals surface area contributed by atoms with E-state index in [4.69, 9.17) is 0 Å². The summed E-state index contributed by atoms with van der Waals surface area (Å²) in [5.41, 5.74) is 2.62. The third-order valence-electron chi connectivity index (χ3n) is 1.30. The molecule has 0 saturated carbocycles. The Balaban J connectivity index is 3.18. The average molecular weight is 146 g/mol. The first-order valence-electron chi connectivity index (χ1n) is 3.31. The highest BCUT2D eigenvalue weighted by molar-refractivity contribution is 5.50. The van der Waals surface area contributed by atoms with E-state index in [0.717, 1.165) is 11.1 Å². The molecule has 1 aromatic rings. The van der Waals surface area contributed by atoms with Crippen LogP contribution in [0.15, 0.2) is 17.1 Å². The van der Waals surface area contributed by atoms with Crippen LogP contribution in [0.25, 0.3) is 0 Å². The van der Waals surface area contributed by atoms with Crippen LogP contribution in [0.3, 0.4) is 0 Å². The van der Waals surface area contributed by atoms with Crippen LogP contribution in [0.1, 0.15) is 11.1 Å². The van der Waals surface area contributed by atoms with E-state index >= 15 is 0 Å². The van der Waals surface area contributed by atoms with Crippen molar-refractivity contribution < 1.29 is 4.79 Å². The largest absolute Gasteiger partial charge is 0.240 e. The van der Waals surface area contributed by atoms with Crippen molar-refractivity contribution in [2.75, 3.05) is 0 Å². The standard InChI is InChI=1S/C9H8NO/c1-7-3-8(2)5-9(4-7)10-6-11/h3-4H,1-2H3. The van der Waals surface area contributed by atoms with Crippen molar-refractivity contribution in [3.63, 3.8) is 0 Å². The highest BCUT2D eigenvalue weighted by atomic mass is 16.1. The highest BCUT2D eigenvalue weighted by Crippen LogP contribution is 2.14. The minimum atomic E-state index is 0.553. The van der Waals surface area contributed by atoms with Crippen molar-refractivity contribution in [3.05, 3.63) is 29.3 Å². The Morgan fingerprint density at radius 3 is 2.73 bits per heavy atom. The van der Waals surface area contributed by atoms with Crippen LogP contribution in [0.2, 0.25) is 0 Å². The van der Waals surface area contributed by atoms with Crippen molar-refractivity contribution in [2.24, 2.45) is 4.99 Å². The van der Waals surface area contributed by atoms with Crippen LogP contribution in [-0.2, 0) is 4.79 Å². The Morgan fingerprint density at radius 1 is 1.45 bits per heavy atom. The van der Waals surface area contributed by atoms with Crippen LogP contribution >= 0.6 is 0 Å². The Bertz CT molecular complexity index is 291. The molecule has 0 aliphatic heterocycles. The smallest absolute Gasteiger partial charge is 0.211 e. The van der Waals surface area contributed by atoms with E-state index in [-0.39, 0.29) is 0 Å². The first-order chi connectivity index (χ1) is 5.22. The second-order valence-corrected chi connectivity index (χ2v) is 2.43. The summed E-state index contributed by atoms with van der Waals surface area (Å²) in [4.78, 5) is 13.4. The van der Waals surface area contributed by atoms with Gasteiger partial charge in [-0.15, -0.1) is 0 Å². The number of hydrogen-bond acceptors (Lipinski definition) is 2. The maximum Gasteiger partial charge on any atom is 0.240 e. The third kappa shape index (κ3) is 2.03. The molecule has 0 heterocycles. The summed E-state index contributed by atoms with van der Waals surface area (Å²) >= 11 is 0. The molecule has 1 rings (SSSR count). The summed E-state index contributed by atoms with van der Waals surface area (Å²) in [5, 5.41) is 0. The monoisotopic (exact) mass is 146 g/mol. The van der Waals surface area contributed by atoms with Gasteiger partial charge in [0.2, 0.25) is 6.08 Å². The normalized spacial score (nSPS) is 8.91. The highest BCUT2D eigenvalue weighted by Gasteiger charge is 1.92. The van der Waals surface area contributed by atoms with Crippen molar-refractivity contribution in [1.29, 1.82) is 0 Å². The van der Waals surface area contributed by atoms with Gasteiger partial charge in [0.05, 0.1) is 5.69 Å². The van der Waals surface area contributed by atoms with E-state index in [1.54, 1.807) is 6.07 Å². The Morgan fingerprint density at radius 2 is 2.18 bits per heavy atom.